The summed E-state index contributed by atoms with van der Waals surface area (Å²) < 4.78 is 23.2. The van der Waals surface area contributed by atoms with Crippen molar-refractivity contribution < 1.29 is 18.0 Å². The Balaban J connectivity index is 3.06. The topological polar surface area (TPSA) is 44.8 Å². The molecule has 6 heteroatoms. The summed E-state index contributed by atoms with van der Waals surface area (Å²) >= 11 is 0. The van der Waals surface area contributed by atoms with Crippen molar-refractivity contribution >= 4 is 19.7 Å². The first kappa shape index (κ1) is 7.79. The third-order valence-electron chi connectivity index (χ3n) is 0.414. The predicted octanol–water partition coefficient (Wildman–Crippen LogP) is -1.33. The van der Waals surface area contributed by atoms with E-state index in [0.717, 1.165) is 0 Å². The third kappa shape index (κ3) is 3.97. The molecule has 0 amide bonds. The van der Waals surface area contributed by atoms with E-state index in [1.807, 2.05) is 0 Å². The summed E-state index contributed by atoms with van der Waals surface area (Å²) in [4.78, 5) is 0. The van der Waals surface area contributed by atoms with Gasteiger partial charge in [-0.2, -0.15) is 0 Å². The van der Waals surface area contributed by atoms with Gasteiger partial charge in [-0.1, -0.05) is 0 Å². The minimum Gasteiger partial charge on any atom is -0.495 e. The van der Waals surface area contributed by atoms with Gasteiger partial charge in [-0.15, -0.1) is 0 Å². The van der Waals surface area contributed by atoms with Crippen molar-refractivity contribution in [2.45, 2.75) is 6.92 Å². The monoisotopic (exact) mass is 152 g/mol. The molecule has 0 aromatic rings. The highest BCUT2D eigenvalue weighted by Gasteiger charge is 2.08. The largest absolute Gasteiger partial charge is 0.800 e. The lowest BCUT2D eigenvalue weighted by atomic mass is 10.9. The van der Waals surface area contributed by atoms with Gasteiger partial charge in [0.2, 0.25) is 10.5 Å². The first-order valence-corrected chi connectivity index (χ1v) is 4.22. The zero-order chi connectivity index (χ0) is 6.41. The molecule has 0 atom stereocenters. The fraction of sp³-hybridized carbons (Fsp3) is 1.00. The number of hydrogen-bond donors (Lipinski definition) is 0. The quantitative estimate of drug-likeness (QED) is 0.284. The summed E-state index contributed by atoms with van der Waals surface area (Å²) in [7, 11) is -1.91. The first-order chi connectivity index (χ1) is 3.81. The molecule has 0 rings (SSSR count). The predicted molar refractivity (Wildman–Crippen MR) is 30.2 cm³/mol. The van der Waals surface area contributed by atoms with Crippen LogP contribution in [0, 0.1) is 0 Å². The molecule has 0 aromatic heterocycles. The lowest BCUT2D eigenvalue weighted by Crippen LogP contribution is -2.11. The lowest BCUT2D eigenvalue weighted by molar-refractivity contribution is -0.124. The van der Waals surface area contributed by atoms with Crippen LogP contribution < -0.4 is 0 Å². The summed E-state index contributed by atoms with van der Waals surface area (Å²) in [5.41, 5.74) is 0. The summed E-state index contributed by atoms with van der Waals surface area (Å²) in [5, 5.41) is 0. The fourth-order valence-corrected chi connectivity index (χ4v) is 1.04. The number of hydrogen-bond acceptors (Lipinski definition) is 4. The van der Waals surface area contributed by atoms with Gasteiger partial charge in [0.05, 0.1) is 6.61 Å². The van der Waals surface area contributed by atoms with Crippen LogP contribution in [0.4, 0.5) is 0 Å². The Morgan fingerprint density at radius 1 is 1.75 bits per heavy atom. The molecule has 0 N–H and O–H groups in total. The second-order valence-corrected chi connectivity index (χ2v) is 2.22. The summed E-state index contributed by atoms with van der Waals surface area (Å²) in [6, 6.07) is 0. The van der Waals surface area contributed by atoms with Crippen LogP contribution in [0.15, 0.2) is 0 Å². The highest BCUT2D eigenvalue weighted by molar-refractivity contribution is 6.26. The lowest BCUT2D eigenvalue weighted by Gasteiger charge is -1.96. The van der Waals surface area contributed by atoms with Crippen molar-refractivity contribution in [2.75, 3.05) is 6.61 Å². The Kier molecular flexibility index (Phi) is 4.81. The molecule has 8 heavy (non-hydrogen) atoms. The number of rotatable bonds is 4. The van der Waals surface area contributed by atoms with Crippen LogP contribution in [0.1, 0.15) is 6.92 Å². The summed E-state index contributed by atoms with van der Waals surface area (Å²) in [6.45, 7) is 2.13. The molecule has 0 aliphatic rings. The van der Waals surface area contributed by atoms with Gasteiger partial charge in [-0.3, -0.25) is 9.04 Å². The van der Waals surface area contributed by atoms with E-state index in [9.17, 15) is 4.46 Å². The van der Waals surface area contributed by atoms with Gasteiger partial charge in [0.1, 0.15) is 0 Å². The average Bonchev–Trinajstić information content (AvgIpc) is 1.68. The fourth-order valence-electron chi connectivity index (χ4n) is 0.210. The Labute approximate surface area is 52.1 Å². The maximum absolute atomic E-state index is 10.3. The van der Waals surface area contributed by atoms with Crippen LogP contribution in [-0.4, -0.2) is 26.3 Å². The van der Waals surface area contributed by atoms with Gasteiger partial charge in [0.25, 0.3) is 0 Å². The SMILES string of the molecule is CCO[Si](=O)OO[SiH3]. The Hall–Kier alpha value is -0.206. The molecule has 4 nitrogen and oxygen atoms in total. The molecule has 48 valence electrons. The van der Waals surface area contributed by atoms with E-state index in [1.165, 1.54) is 0 Å². The first-order valence-electron chi connectivity index (χ1n) is 2.18. The van der Waals surface area contributed by atoms with Crippen molar-refractivity contribution in [1.29, 1.82) is 0 Å². The molecule has 0 aliphatic carbocycles. The van der Waals surface area contributed by atoms with Crippen molar-refractivity contribution in [1.82, 2.24) is 0 Å². The van der Waals surface area contributed by atoms with Crippen LogP contribution in [0.3, 0.4) is 0 Å². The zero-order valence-electron chi connectivity index (χ0n) is 4.84. The molecule has 0 bridgehead atoms. The standard InChI is InChI=1S/C2H8O4Si2/c1-2-4-8(3)6-5-7/h2H2,1,7H3. The molecule has 0 fully saturated rings. The Morgan fingerprint density at radius 3 is 2.75 bits per heavy atom. The molecule has 0 unspecified atom stereocenters. The summed E-state index contributed by atoms with van der Waals surface area (Å²) in [6.07, 6.45) is 0. The van der Waals surface area contributed by atoms with Gasteiger partial charge in [-0.05, 0) is 6.92 Å². The third-order valence-corrected chi connectivity index (χ3v) is 1.74. The Morgan fingerprint density at radius 2 is 2.38 bits per heavy atom. The van der Waals surface area contributed by atoms with Gasteiger partial charge in [0.15, 0.2) is 0 Å². The molecule has 0 aromatic carbocycles. The van der Waals surface area contributed by atoms with Crippen LogP contribution in [0.5, 0.6) is 0 Å². The van der Waals surface area contributed by atoms with Crippen LogP contribution in [-0.2, 0) is 18.0 Å². The van der Waals surface area contributed by atoms with Gasteiger partial charge >= 0.3 is 9.17 Å². The highest BCUT2D eigenvalue weighted by atomic mass is 28.3. The van der Waals surface area contributed by atoms with Crippen molar-refractivity contribution in [3.63, 3.8) is 0 Å². The van der Waals surface area contributed by atoms with Crippen molar-refractivity contribution in [3.05, 3.63) is 0 Å². The highest BCUT2D eigenvalue weighted by Crippen LogP contribution is 1.75. The maximum atomic E-state index is 10.3. The van der Waals surface area contributed by atoms with E-state index in [2.05, 4.69) is 13.6 Å². The van der Waals surface area contributed by atoms with Gasteiger partial charge in [0, 0.05) is 0 Å². The molecule has 0 radical (unpaired) electrons. The molecule has 0 aliphatic heterocycles. The molecule has 0 saturated carbocycles. The maximum Gasteiger partial charge on any atom is 0.800 e. The smallest absolute Gasteiger partial charge is 0.495 e. The zero-order valence-corrected chi connectivity index (χ0v) is 7.84. The van der Waals surface area contributed by atoms with Crippen molar-refractivity contribution in [2.24, 2.45) is 0 Å². The van der Waals surface area contributed by atoms with Crippen LogP contribution >= 0.6 is 0 Å². The Bertz CT molecular complexity index is 66.4. The molecular formula is C2H8O4Si2. The second-order valence-electron chi connectivity index (χ2n) is 0.933. The second kappa shape index (κ2) is 4.94. The summed E-state index contributed by atoms with van der Waals surface area (Å²) in [5.74, 6) is 0. The molecule has 0 saturated heterocycles. The van der Waals surface area contributed by atoms with Gasteiger partial charge in [-0.25, -0.2) is 0 Å². The van der Waals surface area contributed by atoms with Gasteiger partial charge < -0.3 is 9.00 Å². The van der Waals surface area contributed by atoms with E-state index in [-0.39, 0.29) is 0 Å². The van der Waals surface area contributed by atoms with E-state index in [4.69, 9.17) is 0 Å². The van der Waals surface area contributed by atoms with E-state index < -0.39 is 9.17 Å². The van der Waals surface area contributed by atoms with E-state index >= 15 is 0 Å². The normalized spacial score (nSPS) is 8.62. The van der Waals surface area contributed by atoms with Crippen LogP contribution in [0.2, 0.25) is 0 Å². The minimum atomic E-state index is -2.33. The molecule has 0 heterocycles. The van der Waals surface area contributed by atoms with E-state index in [0.29, 0.717) is 17.1 Å². The van der Waals surface area contributed by atoms with Crippen molar-refractivity contribution in [3.8, 4) is 0 Å². The minimum absolute atomic E-state index is 0.392. The average molecular weight is 152 g/mol. The molecule has 0 spiro atoms. The van der Waals surface area contributed by atoms with Crippen LogP contribution in [0.25, 0.3) is 0 Å². The molecular weight excluding hydrogens is 144 g/mol. The van der Waals surface area contributed by atoms with E-state index in [1.54, 1.807) is 6.92 Å².